The zero-order valence-corrected chi connectivity index (χ0v) is 18.2. The summed E-state index contributed by atoms with van der Waals surface area (Å²) in [5, 5.41) is 21.4. The average molecular weight is 457 g/mol. The van der Waals surface area contributed by atoms with Crippen LogP contribution in [0.25, 0.3) is 11.2 Å². The number of rotatable bonds is 8. The van der Waals surface area contributed by atoms with Crippen LogP contribution in [0.3, 0.4) is 0 Å². The molecule has 1 aliphatic heterocycles. The van der Waals surface area contributed by atoms with Gasteiger partial charge in [-0.05, 0) is 18.1 Å². The van der Waals surface area contributed by atoms with Crippen molar-refractivity contribution in [1.29, 1.82) is 0 Å². The van der Waals surface area contributed by atoms with Crippen LogP contribution < -0.4 is 11.5 Å². The van der Waals surface area contributed by atoms with Crippen molar-refractivity contribution in [3.63, 3.8) is 0 Å². The van der Waals surface area contributed by atoms with Gasteiger partial charge in [-0.25, -0.2) is 15.0 Å². The number of fused-ring (bicyclic) bond motifs is 1. The van der Waals surface area contributed by atoms with Crippen molar-refractivity contribution < 1.29 is 19.7 Å². The first kappa shape index (κ1) is 23.0. The highest BCUT2D eigenvalue weighted by atomic mass is 16.5. The molecule has 0 saturated carbocycles. The van der Waals surface area contributed by atoms with Crippen molar-refractivity contribution in [1.82, 2.24) is 29.4 Å². The van der Waals surface area contributed by atoms with Crippen LogP contribution in [-0.2, 0) is 16.1 Å². The number of carbonyl (C=O) groups is 1. The number of aliphatic hydroxyl groups is 2. The summed E-state index contributed by atoms with van der Waals surface area (Å²) in [7, 11) is 0. The van der Waals surface area contributed by atoms with E-state index in [1.807, 2.05) is 13.0 Å². The van der Waals surface area contributed by atoms with Crippen molar-refractivity contribution in [2.75, 3.05) is 12.3 Å². The van der Waals surface area contributed by atoms with Gasteiger partial charge in [0.25, 0.3) is 0 Å². The molecule has 3 aromatic rings. The van der Waals surface area contributed by atoms with Crippen molar-refractivity contribution in [3.05, 3.63) is 42.7 Å². The van der Waals surface area contributed by atoms with E-state index in [0.717, 1.165) is 12.0 Å². The summed E-state index contributed by atoms with van der Waals surface area (Å²) in [5.41, 5.74) is 13.5. The molecule has 1 fully saturated rings. The summed E-state index contributed by atoms with van der Waals surface area (Å²) in [6, 6.07) is 1.97. The van der Waals surface area contributed by atoms with Gasteiger partial charge in [0, 0.05) is 18.9 Å². The molecule has 0 aromatic carbocycles. The maximum absolute atomic E-state index is 13.4. The first-order valence-corrected chi connectivity index (χ1v) is 10.8. The summed E-state index contributed by atoms with van der Waals surface area (Å²) >= 11 is 0. The van der Waals surface area contributed by atoms with E-state index < -0.39 is 37.1 Å². The quantitative estimate of drug-likeness (QED) is 0.348. The van der Waals surface area contributed by atoms with E-state index >= 15 is 0 Å². The molecule has 3 aromatic heterocycles. The average Bonchev–Trinajstić information content (AvgIpc) is 3.39. The molecule has 4 heterocycles. The molecule has 0 radical (unpaired) electrons. The van der Waals surface area contributed by atoms with Crippen LogP contribution in [0.1, 0.15) is 31.6 Å². The first-order chi connectivity index (χ1) is 16.0. The highest BCUT2D eigenvalue weighted by Gasteiger charge is 2.49. The maximum Gasteiger partial charge on any atom is 0.240 e. The van der Waals surface area contributed by atoms with E-state index in [-0.39, 0.29) is 18.3 Å². The van der Waals surface area contributed by atoms with Crippen LogP contribution in [0.4, 0.5) is 5.82 Å². The van der Waals surface area contributed by atoms with Gasteiger partial charge in [0.2, 0.25) is 5.91 Å². The Bertz CT molecular complexity index is 1090. The van der Waals surface area contributed by atoms with E-state index in [4.69, 9.17) is 16.2 Å². The second-order valence-corrected chi connectivity index (χ2v) is 8.03. The molecule has 0 spiro atoms. The van der Waals surface area contributed by atoms with Gasteiger partial charge in [0.15, 0.2) is 17.7 Å². The van der Waals surface area contributed by atoms with E-state index in [0.29, 0.717) is 17.6 Å². The number of aliphatic hydroxyl groups excluding tert-OH is 2. The molecule has 12 nitrogen and oxygen atoms in total. The number of amides is 1. The number of imidazole rings is 1. The van der Waals surface area contributed by atoms with Gasteiger partial charge in [-0.3, -0.25) is 14.3 Å². The Morgan fingerprint density at radius 2 is 2.18 bits per heavy atom. The number of pyridine rings is 1. The molecular formula is C21H28N8O4. The van der Waals surface area contributed by atoms with Crippen LogP contribution in [0.5, 0.6) is 0 Å². The third-order valence-corrected chi connectivity index (χ3v) is 5.81. The number of anilines is 1. The maximum atomic E-state index is 13.4. The second kappa shape index (κ2) is 9.75. The van der Waals surface area contributed by atoms with Gasteiger partial charge in [-0.15, -0.1) is 0 Å². The third kappa shape index (κ3) is 4.37. The Morgan fingerprint density at radius 3 is 2.88 bits per heavy atom. The van der Waals surface area contributed by atoms with Gasteiger partial charge in [0.05, 0.1) is 25.0 Å². The van der Waals surface area contributed by atoms with Gasteiger partial charge in [-0.2, -0.15) is 0 Å². The number of hydrogen-bond donors (Lipinski definition) is 4. The first-order valence-electron chi connectivity index (χ1n) is 10.8. The van der Waals surface area contributed by atoms with E-state index in [9.17, 15) is 15.0 Å². The standard InChI is InChI=1S/C21H28N8O4/c1-2-4-13(22)20(32)28(8-12-5-3-6-24-7-12)16-14(9-30)33-21(17(16)31)29-11-27-15-18(23)25-10-26-19(15)29/h3,5-7,10-11,13-14,16-17,21,30-31H,2,4,8-9,22H2,1H3,(H2,23,25,26)/t13?,14-,16?,17?,21-/m1/s1. The molecule has 3 unspecified atom stereocenters. The Balaban J connectivity index is 1.70. The molecule has 4 rings (SSSR count). The summed E-state index contributed by atoms with van der Waals surface area (Å²) in [6.07, 6.45) is 4.20. The lowest BCUT2D eigenvalue weighted by Gasteiger charge is -2.35. The van der Waals surface area contributed by atoms with E-state index in [1.54, 1.807) is 18.5 Å². The number of ether oxygens (including phenoxy) is 1. The minimum atomic E-state index is -1.20. The van der Waals surface area contributed by atoms with Crippen LogP contribution in [-0.4, -0.2) is 76.4 Å². The molecule has 1 aliphatic rings. The molecule has 176 valence electrons. The lowest BCUT2D eigenvalue weighted by molar-refractivity contribution is -0.139. The van der Waals surface area contributed by atoms with E-state index in [2.05, 4.69) is 19.9 Å². The van der Waals surface area contributed by atoms with Crippen molar-refractivity contribution in [2.45, 2.75) is 56.8 Å². The summed E-state index contributed by atoms with van der Waals surface area (Å²) < 4.78 is 7.53. The third-order valence-electron chi connectivity index (χ3n) is 5.81. The van der Waals surface area contributed by atoms with Gasteiger partial charge in [-0.1, -0.05) is 19.4 Å². The Morgan fingerprint density at radius 1 is 1.36 bits per heavy atom. The number of hydrogen-bond acceptors (Lipinski definition) is 10. The van der Waals surface area contributed by atoms with Crippen LogP contribution in [0.15, 0.2) is 37.2 Å². The highest BCUT2D eigenvalue weighted by molar-refractivity contribution is 5.82. The lowest BCUT2D eigenvalue weighted by atomic mass is 10.0. The topological polar surface area (TPSA) is 179 Å². The smallest absolute Gasteiger partial charge is 0.240 e. The monoisotopic (exact) mass is 456 g/mol. The Hall–Kier alpha value is -3.19. The molecule has 0 aliphatic carbocycles. The number of carbonyl (C=O) groups excluding carboxylic acids is 1. The molecule has 33 heavy (non-hydrogen) atoms. The van der Waals surface area contributed by atoms with Gasteiger partial charge < -0.3 is 31.3 Å². The number of nitrogens with two attached hydrogens (primary N) is 2. The molecule has 0 bridgehead atoms. The lowest BCUT2D eigenvalue weighted by Crippen LogP contribution is -2.55. The fourth-order valence-electron chi connectivity index (χ4n) is 4.22. The molecule has 1 saturated heterocycles. The predicted octanol–water partition coefficient (Wildman–Crippen LogP) is -0.421. The van der Waals surface area contributed by atoms with Gasteiger partial charge in [0.1, 0.15) is 24.1 Å². The predicted molar refractivity (Wildman–Crippen MR) is 118 cm³/mol. The number of nitrogen functional groups attached to an aromatic ring is 1. The molecule has 12 heteroatoms. The SMILES string of the molecule is CCCC(N)C(=O)N(Cc1cccnc1)C1C(O)[C@H](n2cnc3c(N)ncnc32)O[C@@H]1CO. The van der Waals surface area contributed by atoms with E-state index in [1.165, 1.54) is 22.1 Å². The van der Waals surface area contributed by atoms with Crippen molar-refractivity contribution >= 4 is 22.9 Å². The van der Waals surface area contributed by atoms with Gasteiger partial charge >= 0.3 is 0 Å². The molecule has 1 amide bonds. The number of nitrogens with zero attached hydrogens (tertiary/aromatic N) is 6. The summed E-state index contributed by atoms with van der Waals surface area (Å²) in [6.45, 7) is 1.68. The van der Waals surface area contributed by atoms with Crippen LogP contribution in [0.2, 0.25) is 0 Å². The number of aromatic nitrogens is 5. The highest BCUT2D eigenvalue weighted by Crippen LogP contribution is 2.35. The minimum absolute atomic E-state index is 0.151. The molecule has 5 atom stereocenters. The summed E-state index contributed by atoms with van der Waals surface area (Å²) in [4.78, 5) is 31.3. The minimum Gasteiger partial charge on any atom is -0.394 e. The van der Waals surface area contributed by atoms with Crippen molar-refractivity contribution in [2.24, 2.45) is 5.73 Å². The fraction of sp³-hybridized carbons (Fsp3) is 0.476. The fourth-order valence-corrected chi connectivity index (χ4v) is 4.22. The van der Waals surface area contributed by atoms with Crippen molar-refractivity contribution in [3.8, 4) is 0 Å². The Labute approximate surface area is 190 Å². The summed E-state index contributed by atoms with van der Waals surface area (Å²) in [5.74, 6) is -0.144. The van der Waals surface area contributed by atoms with Crippen LogP contribution in [0, 0.1) is 0 Å². The molecular weight excluding hydrogens is 428 g/mol. The zero-order chi connectivity index (χ0) is 23.5. The van der Waals surface area contributed by atoms with Crippen LogP contribution >= 0.6 is 0 Å². The second-order valence-electron chi connectivity index (χ2n) is 8.03. The largest absolute Gasteiger partial charge is 0.394 e. The molecule has 6 N–H and O–H groups in total. The zero-order valence-electron chi connectivity index (χ0n) is 18.2. The Kier molecular flexibility index (Phi) is 6.79. The normalized spacial score (nSPS) is 23.6.